The molecule has 0 aromatic carbocycles. The highest BCUT2D eigenvalue weighted by atomic mass is 35.5. The first kappa shape index (κ1) is 17.6. The van der Waals surface area contributed by atoms with Crippen molar-refractivity contribution in [3.63, 3.8) is 0 Å². The lowest BCUT2D eigenvalue weighted by Crippen LogP contribution is -2.46. The minimum Gasteiger partial charge on any atom is -0.461 e. The number of amides is 1. The first-order chi connectivity index (χ1) is 10.8. The number of furan rings is 1. The lowest BCUT2D eigenvalue weighted by Gasteiger charge is -2.29. The molecule has 0 spiro atoms. The first-order valence-electron chi connectivity index (χ1n) is 7.79. The maximum atomic E-state index is 12.3. The third kappa shape index (κ3) is 4.14. The molecule has 1 atom stereocenters. The molecule has 1 unspecified atom stereocenters. The van der Waals surface area contributed by atoms with Gasteiger partial charge in [-0.25, -0.2) is 0 Å². The van der Waals surface area contributed by atoms with Crippen LogP contribution in [0.25, 0.3) is 11.5 Å². The van der Waals surface area contributed by atoms with Crippen LogP contribution in [0.3, 0.4) is 0 Å². The van der Waals surface area contributed by atoms with E-state index in [2.05, 4.69) is 10.5 Å². The van der Waals surface area contributed by atoms with Crippen molar-refractivity contribution in [2.45, 2.75) is 38.1 Å². The molecule has 2 aromatic heterocycles. The molecule has 0 aliphatic heterocycles. The van der Waals surface area contributed by atoms with Crippen molar-refractivity contribution in [1.82, 2.24) is 10.5 Å². The molecule has 0 saturated heterocycles. The molecule has 1 fully saturated rings. The van der Waals surface area contributed by atoms with Crippen LogP contribution in [0.1, 0.15) is 42.6 Å². The van der Waals surface area contributed by atoms with Gasteiger partial charge >= 0.3 is 0 Å². The predicted molar refractivity (Wildman–Crippen MR) is 88.3 cm³/mol. The van der Waals surface area contributed by atoms with Gasteiger partial charge in [0, 0.05) is 18.7 Å². The lowest BCUT2D eigenvalue weighted by atomic mass is 9.84. The summed E-state index contributed by atoms with van der Waals surface area (Å²) in [6.07, 6.45) is 7.49. The van der Waals surface area contributed by atoms with Gasteiger partial charge in [0.25, 0.3) is 5.91 Å². The number of nitrogens with one attached hydrogen (secondary N) is 1. The summed E-state index contributed by atoms with van der Waals surface area (Å²) in [5.74, 6) is 1.20. The van der Waals surface area contributed by atoms with E-state index < -0.39 is 0 Å². The maximum absolute atomic E-state index is 12.3. The summed E-state index contributed by atoms with van der Waals surface area (Å²) in [4.78, 5) is 12.3. The summed E-state index contributed by atoms with van der Waals surface area (Å²) in [6, 6.07) is 5.09. The fourth-order valence-corrected chi connectivity index (χ4v) is 3.07. The molecule has 0 bridgehead atoms. The van der Waals surface area contributed by atoms with E-state index in [0.29, 0.717) is 24.0 Å². The van der Waals surface area contributed by atoms with Gasteiger partial charge in [0.05, 0.1) is 6.26 Å². The van der Waals surface area contributed by atoms with Gasteiger partial charge in [0.1, 0.15) is 0 Å². The van der Waals surface area contributed by atoms with Crippen LogP contribution in [0.4, 0.5) is 0 Å². The average Bonchev–Trinajstić information content (AvgIpc) is 3.23. The fourth-order valence-electron chi connectivity index (χ4n) is 3.07. The van der Waals surface area contributed by atoms with E-state index in [0.717, 1.165) is 12.8 Å². The molecular formula is C16H22ClN3O3. The SMILES string of the molecule is Cl.NCC(NC(=O)c1cc(-c2ccco2)on1)C1CCCCC1. The number of hydrogen-bond acceptors (Lipinski definition) is 5. The van der Waals surface area contributed by atoms with E-state index in [9.17, 15) is 4.79 Å². The van der Waals surface area contributed by atoms with Gasteiger partial charge in [-0.15, -0.1) is 12.4 Å². The van der Waals surface area contributed by atoms with E-state index in [1.807, 2.05) is 0 Å². The van der Waals surface area contributed by atoms with E-state index in [1.54, 1.807) is 24.5 Å². The van der Waals surface area contributed by atoms with E-state index >= 15 is 0 Å². The van der Waals surface area contributed by atoms with Crippen molar-refractivity contribution in [1.29, 1.82) is 0 Å². The number of halogens is 1. The molecule has 2 heterocycles. The number of rotatable bonds is 5. The van der Waals surface area contributed by atoms with Crippen molar-refractivity contribution in [3.8, 4) is 11.5 Å². The molecule has 1 aliphatic carbocycles. The largest absolute Gasteiger partial charge is 0.461 e. The minimum atomic E-state index is -0.248. The number of carbonyl (C=O) groups is 1. The Hall–Kier alpha value is -1.79. The van der Waals surface area contributed by atoms with Gasteiger partial charge in [-0.3, -0.25) is 4.79 Å². The van der Waals surface area contributed by atoms with Gasteiger partial charge in [-0.1, -0.05) is 24.4 Å². The Morgan fingerprint density at radius 3 is 2.78 bits per heavy atom. The molecule has 3 N–H and O–H groups in total. The zero-order valence-corrected chi connectivity index (χ0v) is 13.7. The summed E-state index contributed by atoms with van der Waals surface area (Å²) in [7, 11) is 0. The molecule has 23 heavy (non-hydrogen) atoms. The van der Waals surface area contributed by atoms with E-state index in [1.165, 1.54) is 19.3 Å². The van der Waals surface area contributed by atoms with Gasteiger partial charge < -0.3 is 20.0 Å². The molecule has 1 amide bonds. The molecule has 126 valence electrons. The monoisotopic (exact) mass is 339 g/mol. The summed E-state index contributed by atoms with van der Waals surface area (Å²) in [5, 5.41) is 6.81. The van der Waals surface area contributed by atoms with E-state index in [-0.39, 0.29) is 30.0 Å². The molecule has 0 radical (unpaired) electrons. The molecule has 1 aliphatic rings. The zero-order chi connectivity index (χ0) is 15.4. The maximum Gasteiger partial charge on any atom is 0.273 e. The van der Waals surface area contributed by atoms with Gasteiger partial charge in [0.15, 0.2) is 11.5 Å². The molecule has 6 nitrogen and oxygen atoms in total. The fraction of sp³-hybridized carbons (Fsp3) is 0.500. The Morgan fingerprint density at radius 1 is 1.35 bits per heavy atom. The van der Waals surface area contributed by atoms with E-state index in [4.69, 9.17) is 14.7 Å². The van der Waals surface area contributed by atoms with Crippen molar-refractivity contribution < 1.29 is 13.7 Å². The zero-order valence-electron chi connectivity index (χ0n) is 12.9. The summed E-state index contributed by atoms with van der Waals surface area (Å²) in [5.41, 5.74) is 6.09. The first-order valence-corrected chi connectivity index (χ1v) is 7.79. The van der Waals surface area contributed by atoms with Gasteiger partial charge in [-0.05, 0) is 30.9 Å². The Kier molecular flexibility index (Phi) is 6.24. The second-order valence-corrected chi connectivity index (χ2v) is 5.77. The standard InChI is InChI=1S/C16H21N3O3.ClH/c17-10-13(11-5-2-1-3-6-11)18-16(20)12-9-15(22-19-12)14-7-4-8-21-14;/h4,7-9,11,13H,1-3,5-6,10,17H2,(H,18,20);1H. The smallest absolute Gasteiger partial charge is 0.273 e. The van der Waals surface area contributed by atoms with Crippen LogP contribution >= 0.6 is 12.4 Å². The number of nitrogens with zero attached hydrogens (tertiary/aromatic N) is 1. The highest BCUT2D eigenvalue weighted by Gasteiger charge is 2.25. The second kappa shape index (κ2) is 8.17. The Labute approximate surface area is 141 Å². The lowest BCUT2D eigenvalue weighted by molar-refractivity contribution is 0.0906. The topological polar surface area (TPSA) is 94.3 Å². The molecule has 3 rings (SSSR count). The van der Waals surface area contributed by atoms with Crippen LogP contribution < -0.4 is 11.1 Å². The summed E-state index contributed by atoms with van der Waals surface area (Å²) < 4.78 is 10.4. The Balaban J connectivity index is 0.00000192. The van der Waals surface area contributed by atoms with Crippen LogP contribution in [0, 0.1) is 5.92 Å². The van der Waals surface area contributed by atoms with Crippen molar-refractivity contribution >= 4 is 18.3 Å². The number of hydrogen-bond donors (Lipinski definition) is 2. The van der Waals surface area contributed by atoms with Crippen molar-refractivity contribution in [2.24, 2.45) is 11.7 Å². The van der Waals surface area contributed by atoms with Crippen LogP contribution in [0.5, 0.6) is 0 Å². The summed E-state index contributed by atoms with van der Waals surface area (Å²) in [6.45, 7) is 0.444. The van der Waals surface area contributed by atoms with Crippen LogP contribution in [-0.4, -0.2) is 23.7 Å². The van der Waals surface area contributed by atoms with Gasteiger partial charge in [0.2, 0.25) is 5.76 Å². The van der Waals surface area contributed by atoms with Crippen LogP contribution in [0.2, 0.25) is 0 Å². The minimum absolute atomic E-state index is 0. The van der Waals surface area contributed by atoms with Crippen molar-refractivity contribution in [2.75, 3.05) is 6.54 Å². The molecule has 1 saturated carbocycles. The summed E-state index contributed by atoms with van der Waals surface area (Å²) >= 11 is 0. The highest BCUT2D eigenvalue weighted by Crippen LogP contribution is 2.26. The molecular weight excluding hydrogens is 318 g/mol. The highest BCUT2D eigenvalue weighted by molar-refractivity contribution is 5.93. The average molecular weight is 340 g/mol. The Bertz CT molecular complexity index is 606. The Morgan fingerprint density at radius 2 is 2.13 bits per heavy atom. The number of carbonyl (C=O) groups excluding carboxylic acids is 1. The third-order valence-corrected chi connectivity index (χ3v) is 4.30. The molecule has 7 heteroatoms. The molecule has 2 aromatic rings. The quantitative estimate of drug-likeness (QED) is 0.873. The normalized spacial score (nSPS) is 16.6. The number of aromatic nitrogens is 1. The third-order valence-electron chi connectivity index (χ3n) is 4.30. The number of nitrogens with two attached hydrogens (primary N) is 1. The predicted octanol–water partition coefficient (Wildman–Crippen LogP) is 2.99. The van der Waals surface area contributed by atoms with Crippen molar-refractivity contribution in [3.05, 3.63) is 30.2 Å². The van der Waals surface area contributed by atoms with Crippen LogP contribution in [-0.2, 0) is 0 Å². The second-order valence-electron chi connectivity index (χ2n) is 5.77. The van der Waals surface area contributed by atoms with Crippen LogP contribution in [0.15, 0.2) is 33.4 Å². The van der Waals surface area contributed by atoms with Gasteiger partial charge in [-0.2, -0.15) is 0 Å².